The molecule has 0 aliphatic heterocycles. The standard InChI is InChI=1S/C11H12ClFN2O/c1-2-3-14-6-10-15-9-5-7(13)4-8(12)11(9)16-10/h4-5,14H,2-3,6H2,1H3. The lowest BCUT2D eigenvalue weighted by Crippen LogP contribution is -2.13. The van der Waals surface area contributed by atoms with E-state index in [2.05, 4.69) is 17.2 Å². The highest BCUT2D eigenvalue weighted by Crippen LogP contribution is 2.25. The van der Waals surface area contributed by atoms with Crippen LogP contribution in [-0.4, -0.2) is 11.5 Å². The first-order valence-corrected chi connectivity index (χ1v) is 5.53. The summed E-state index contributed by atoms with van der Waals surface area (Å²) in [4.78, 5) is 4.15. The number of benzene rings is 1. The molecule has 0 radical (unpaired) electrons. The van der Waals surface area contributed by atoms with E-state index < -0.39 is 5.82 Å². The summed E-state index contributed by atoms with van der Waals surface area (Å²) in [6.45, 7) is 3.49. The molecule has 0 fully saturated rings. The molecule has 0 aliphatic rings. The molecule has 5 heteroatoms. The molecule has 3 nitrogen and oxygen atoms in total. The predicted molar refractivity (Wildman–Crippen MR) is 61.0 cm³/mol. The van der Waals surface area contributed by atoms with Gasteiger partial charge in [-0.1, -0.05) is 18.5 Å². The summed E-state index contributed by atoms with van der Waals surface area (Å²) in [5, 5.41) is 3.41. The minimum Gasteiger partial charge on any atom is -0.438 e. The molecule has 86 valence electrons. The highest BCUT2D eigenvalue weighted by Gasteiger charge is 2.10. The van der Waals surface area contributed by atoms with Gasteiger partial charge in [-0.25, -0.2) is 9.37 Å². The summed E-state index contributed by atoms with van der Waals surface area (Å²) in [7, 11) is 0. The molecule has 1 aromatic heterocycles. The van der Waals surface area contributed by atoms with E-state index in [4.69, 9.17) is 16.0 Å². The summed E-state index contributed by atoms with van der Waals surface area (Å²) >= 11 is 5.84. The first kappa shape index (κ1) is 11.4. The van der Waals surface area contributed by atoms with Crippen LogP contribution in [0.4, 0.5) is 4.39 Å². The van der Waals surface area contributed by atoms with Gasteiger partial charge in [0.25, 0.3) is 0 Å². The van der Waals surface area contributed by atoms with Gasteiger partial charge in [0.05, 0.1) is 11.6 Å². The molecule has 0 amide bonds. The van der Waals surface area contributed by atoms with Gasteiger partial charge in [0.1, 0.15) is 11.3 Å². The quantitative estimate of drug-likeness (QED) is 0.838. The molecular formula is C11H12ClFN2O. The SMILES string of the molecule is CCCNCc1nc2cc(F)cc(Cl)c2o1. The summed E-state index contributed by atoms with van der Waals surface area (Å²) in [5.74, 6) is 0.120. The molecule has 1 aromatic carbocycles. The van der Waals surface area contributed by atoms with Crippen LogP contribution < -0.4 is 5.32 Å². The molecule has 2 rings (SSSR count). The Kier molecular flexibility index (Phi) is 3.41. The minimum absolute atomic E-state index is 0.254. The van der Waals surface area contributed by atoms with Crippen LogP contribution in [0.1, 0.15) is 19.2 Å². The zero-order valence-electron chi connectivity index (χ0n) is 8.89. The van der Waals surface area contributed by atoms with Crippen LogP contribution in [-0.2, 0) is 6.54 Å². The highest BCUT2D eigenvalue weighted by molar-refractivity contribution is 6.34. The molecule has 1 N–H and O–H groups in total. The van der Waals surface area contributed by atoms with Crippen molar-refractivity contribution in [2.45, 2.75) is 19.9 Å². The van der Waals surface area contributed by atoms with Crippen molar-refractivity contribution in [1.29, 1.82) is 0 Å². The van der Waals surface area contributed by atoms with E-state index in [0.717, 1.165) is 13.0 Å². The molecule has 0 spiro atoms. The number of hydrogen-bond acceptors (Lipinski definition) is 3. The Hall–Kier alpha value is -1.13. The largest absolute Gasteiger partial charge is 0.438 e. The number of halogens is 2. The molecule has 1 heterocycles. The molecule has 16 heavy (non-hydrogen) atoms. The first-order valence-electron chi connectivity index (χ1n) is 5.16. The average molecular weight is 243 g/mol. The maximum absolute atomic E-state index is 13.0. The Balaban J connectivity index is 2.26. The monoisotopic (exact) mass is 242 g/mol. The number of aromatic nitrogens is 1. The zero-order chi connectivity index (χ0) is 11.5. The number of fused-ring (bicyclic) bond motifs is 1. The van der Waals surface area contributed by atoms with Gasteiger partial charge in [-0.3, -0.25) is 0 Å². The third kappa shape index (κ3) is 2.33. The fourth-order valence-corrected chi connectivity index (χ4v) is 1.69. The van der Waals surface area contributed by atoms with Gasteiger partial charge < -0.3 is 9.73 Å². The van der Waals surface area contributed by atoms with Crippen LogP contribution in [0.2, 0.25) is 5.02 Å². The van der Waals surface area contributed by atoms with E-state index in [9.17, 15) is 4.39 Å². The van der Waals surface area contributed by atoms with Gasteiger partial charge in [-0.05, 0) is 19.0 Å². The van der Waals surface area contributed by atoms with Gasteiger partial charge in [0.2, 0.25) is 5.89 Å². The lowest BCUT2D eigenvalue weighted by molar-refractivity contribution is 0.495. The van der Waals surface area contributed by atoms with Gasteiger partial charge >= 0.3 is 0 Å². The molecule has 0 saturated heterocycles. The maximum atomic E-state index is 13.0. The Labute approximate surface area is 97.6 Å². The average Bonchev–Trinajstić information content (AvgIpc) is 2.61. The third-order valence-corrected chi connectivity index (χ3v) is 2.44. The van der Waals surface area contributed by atoms with Gasteiger partial charge in [-0.15, -0.1) is 0 Å². The van der Waals surface area contributed by atoms with Gasteiger partial charge in [-0.2, -0.15) is 0 Å². The second-order valence-electron chi connectivity index (χ2n) is 3.52. The van der Waals surface area contributed by atoms with E-state index in [0.29, 0.717) is 23.5 Å². The molecular weight excluding hydrogens is 231 g/mol. The molecule has 2 aromatic rings. The van der Waals surface area contributed by atoms with Crippen LogP contribution in [0.5, 0.6) is 0 Å². The van der Waals surface area contributed by atoms with Crippen LogP contribution >= 0.6 is 11.6 Å². The molecule has 0 bridgehead atoms. The maximum Gasteiger partial charge on any atom is 0.209 e. The summed E-state index contributed by atoms with van der Waals surface area (Å²) in [6.07, 6.45) is 1.04. The van der Waals surface area contributed by atoms with Crippen molar-refractivity contribution in [1.82, 2.24) is 10.3 Å². The van der Waals surface area contributed by atoms with Crippen LogP contribution in [0.25, 0.3) is 11.1 Å². The summed E-state index contributed by atoms with van der Waals surface area (Å²) in [6, 6.07) is 2.53. The van der Waals surface area contributed by atoms with E-state index in [1.807, 2.05) is 0 Å². The Morgan fingerprint density at radius 1 is 1.50 bits per heavy atom. The van der Waals surface area contributed by atoms with Gasteiger partial charge in [0.15, 0.2) is 5.58 Å². The van der Waals surface area contributed by atoms with Crippen molar-refractivity contribution in [3.8, 4) is 0 Å². The minimum atomic E-state index is -0.404. The number of nitrogens with one attached hydrogen (secondary N) is 1. The van der Waals surface area contributed by atoms with Crippen molar-refractivity contribution in [3.05, 3.63) is 28.9 Å². The fourth-order valence-electron chi connectivity index (χ4n) is 1.45. The number of rotatable bonds is 4. The highest BCUT2D eigenvalue weighted by atomic mass is 35.5. The molecule has 0 unspecified atom stereocenters. The Morgan fingerprint density at radius 3 is 3.06 bits per heavy atom. The normalized spacial score (nSPS) is 11.2. The van der Waals surface area contributed by atoms with E-state index in [-0.39, 0.29) is 5.02 Å². The third-order valence-electron chi connectivity index (χ3n) is 2.16. The van der Waals surface area contributed by atoms with E-state index in [1.54, 1.807) is 0 Å². The Bertz CT molecular complexity index is 498. The van der Waals surface area contributed by atoms with Crippen molar-refractivity contribution in [3.63, 3.8) is 0 Å². The first-order chi connectivity index (χ1) is 7.70. The lowest BCUT2D eigenvalue weighted by atomic mass is 10.3. The second kappa shape index (κ2) is 4.80. The summed E-state index contributed by atoms with van der Waals surface area (Å²) < 4.78 is 18.5. The van der Waals surface area contributed by atoms with Crippen molar-refractivity contribution in [2.75, 3.05) is 6.54 Å². The number of nitrogens with zero attached hydrogens (tertiary/aromatic N) is 1. The molecule has 0 aliphatic carbocycles. The zero-order valence-corrected chi connectivity index (χ0v) is 9.64. The second-order valence-corrected chi connectivity index (χ2v) is 3.93. The topological polar surface area (TPSA) is 38.1 Å². The van der Waals surface area contributed by atoms with Crippen LogP contribution in [0.15, 0.2) is 16.5 Å². The van der Waals surface area contributed by atoms with Crippen LogP contribution in [0, 0.1) is 5.82 Å². The number of hydrogen-bond donors (Lipinski definition) is 1. The summed E-state index contributed by atoms with van der Waals surface area (Å²) in [5.41, 5.74) is 0.898. The van der Waals surface area contributed by atoms with Crippen molar-refractivity contribution in [2.24, 2.45) is 0 Å². The van der Waals surface area contributed by atoms with E-state index in [1.165, 1.54) is 12.1 Å². The fraction of sp³-hybridized carbons (Fsp3) is 0.364. The molecule has 0 saturated carbocycles. The van der Waals surface area contributed by atoms with Gasteiger partial charge in [0, 0.05) is 6.07 Å². The van der Waals surface area contributed by atoms with Crippen molar-refractivity contribution >= 4 is 22.7 Å². The van der Waals surface area contributed by atoms with E-state index >= 15 is 0 Å². The number of oxazole rings is 1. The predicted octanol–water partition coefficient (Wildman–Crippen LogP) is 3.12. The van der Waals surface area contributed by atoms with Crippen LogP contribution in [0.3, 0.4) is 0 Å². The van der Waals surface area contributed by atoms with Crippen molar-refractivity contribution < 1.29 is 8.81 Å². The molecule has 0 atom stereocenters. The lowest BCUT2D eigenvalue weighted by Gasteiger charge is -1.96. The Morgan fingerprint density at radius 2 is 2.31 bits per heavy atom. The smallest absolute Gasteiger partial charge is 0.209 e.